The minimum Gasteiger partial charge on any atom is -0.394 e. The highest BCUT2D eigenvalue weighted by molar-refractivity contribution is 6.26. The lowest BCUT2D eigenvalue weighted by Gasteiger charge is -2.27. The van der Waals surface area contributed by atoms with Gasteiger partial charge < -0.3 is 53.1 Å². The van der Waals surface area contributed by atoms with Crippen LogP contribution >= 0.6 is 0 Å². The SMILES string of the molecule is O=C1CCC(N2C(=O)c3cccc(NC(=O)CCCCCOCCOCCOCCOCCOCCOCCOCCOCCOCCO)c3C2=O)C(=O)N1. The third kappa shape index (κ3) is 18.4. The largest absolute Gasteiger partial charge is 0.394 e. The van der Waals surface area contributed by atoms with Crippen LogP contribution in [0.15, 0.2) is 18.2 Å². The molecule has 1 atom stereocenters. The van der Waals surface area contributed by atoms with Crippen molar-refractivity contribution >= 4 is 35.2 Å². The highest BCUT2D eigenvalue weighted by Gasteiger charge is 2.45. The first-order valence-corrected chi connectivity index (χ1v) is 18.9. The number of anilines is 1. The molecule has 1 saturated heterocycles. The molecule has 0 aromatic heterocycles. The summed E-state index contributed by atoms with van der Waals surface area (Å²) in [6.07, 6.45) is 2.45. The first-order valence-electron chi connectivity index (χ1n) is 18.9. The molecule has 3 N–H and O–H groups in total. The topological polar surface area (TPSA) is 216 Å². The summed E-state index contributed by atoms with van der Waals surface area (Å²) in [5.74, 6) is -2.72. The number of hydrogen-bond acceptors (Lipinski definition) is 15. The van der Waals surface area contributed by atoms with Gasteiger partial charge in [0.2, 0.25) is 17.7 Å². The van der Waals surface area contributed by atoms with Crippen molar-refractivity contribution in [1.29, 1.82) is 0 Å². The Hall–Kier alpha value is -3.43. The van der Waals surface area contributed by atoms with Crippen LogP contribution in [0.3, 0.4) is 0 Å². The van der Waals surface area contributed by atoms with Gasteiger partial charge in [-0.3, -0.25) is 34.2 Å². The van der Waals surface area contributed by atoms with E-state index in [4.69, 9.17) is 47.7 Å². The second-order valence-electron chi connectivity index (χ2n) is 12.3. The number of benzene rings is 1. The van der Waals surface area contributed by atoms with Gasteiger partial charge in [-0.2, -0.15) is 0 Å². The zero-order valence-electron chi connectivity index (χ0n) is 31.6. The minimum absolute atomic E-state index is 0.0106. The number of unbranched alkanes of at least 4 members (excludes halogenated alkanes) is 2. The van der Waals surface area contributed by atoms with Crippen LogP contribution in [0.2, 0.25) is 0 Å². The number of fused-ring (bicyclic) bond motifs is 1. The van der Waals surface area contributed by atoms with Crippen LogP contribution in [0.1, 0.15) is 59.2 Å². The van der Waals surface area contributed by atoms with Crippen molar-refractivity contribution in [1.82, 2.24) is 10.2 Å². The summed E-state index contributed by atoms with van der Waals surface area (Å²) in [5.41, 5.74) is 0.379. The highest BCUT2D eigenvalue weighted by atomic mass is 16.6. The van der Waals surface area contributed by atoms with Gasteiger partial charge in [-0.05, 0) is 31.4 Å². The van der Waals surface area contributed by atoms with Gasteiger partial charge in [-0.15, -0.1) is 0 Å². The number of nitrogens with zero attached hydrogens (tertiary/aromatic N) is 1. The lowest BCUT2D eigenvalue weighted by Crippen LogP contribution is -2.54. The van der Waals surface area contributed by atoms with Crippen molar-refractivity contribution in [3.8, 4) is 0 Å². The van der Waals surface area contributed by atoms with E-state index in [0.717, 1.165) is 17.7 Å². The molecule has 310 valence electrons. The van der Waals surface area contributed by atoms with Crippen molar-refractivity contribution in [3.63, 3.8) is 0 Å². The van der Waals surface area contributed by atoms with Gasteiger partial charge in [-0.1, -0.05) is 12.5 Å². The van der Waals surface area contributed by atoms with E-state index in [-0.39, 0.29) is 48.6 Å². The number of aliphatic hydroxyl groups excluding tert-OH is 1. The van der Waals surface area contributed by atoms with Crippen LogP contribution in [-0.2, 0) is 57.0 Å². The van der Waals surface area contributed by atoms with Crippen LogP contribution < -0.4 is 10.6 Å². The average Bonchev–Trinajstić information content (AvgIpc) is 3.43. The first kappa shape index (κ1) is 46.0. The van der Waals surface area contributed by atoms with Gasteiger partial charge in [-0.25, -0.2) is 0 Å². The zero-order chi connectivity index (χ0) is 39.4. The van der Waals surface area contributed by atoms with Crippen molar-refractivity contribution in [3.05, 3.63) is 29.3 Å². The van der Waals surface area contributed by atoms with Crippen LogP contribution in [0, 0.1) is 0 Å². The monoisotopic (exact) mass is 783 g/mol. The summed E-state index contributed by atoms with van der Waals surface area (Å²) >= 11 is 0. The lowest BCUT2D eigenvalue weighted by molar-refractivity contribution is -0.136. The number of carbonyl (C=O) groups excluding carboxylic acids is 5. The van der Waals surface area contributed by atoms with E-state index in [1.807, 2.05) is 0 Å². The van der Waals surface area contributed by atoms with E-state index in [1.165, 1.54) is 6.07 Å². The Kier molecular flexibility index (Phi) is 24.1. The lowest BCUT2D eigenvalue weighted by atomic mass is 10.0. The predicted molar refractivity (Wildman–Crippen MR) is 195 cm³/mol. The van der Waals surface area contributed by atoms with Gasteiger partial charge in [0.1, 0.15) is 6.04 Å². The summed E-state index contributed by atoms with van der Waals surface area (Å²) < 4.78 is 48.8. The van der Waals surface area contributed by atoms with Crippen molar-refractivity contribution in [2.24, 2.45) is 0 Å². The molecule has 1 aromatic rings. The number of ether oxygens (including phenoxy) is 9. The Balaban J connectivity index is 1.04. The quantitative estimate of drug-likeness (QED) is 0.0649. The highest BCUT2D eigenvalue weighted by Crippen LogP contribution is 2.32. The van der Waals surface area contributed by atoms with Crippen LogP contribution in [-0.4, -0.2) is 171 Å². The normalized spacial score (nSPS) is 15.5. The first-order chi connectivity index (χ1) is 26.9. The number of nitrogens with one attached hydrogen (secondary N) is 2. The molecule has 0 radical (unpaired) electrons. The second-order valence-corrected chi connectivity index (χ2v) is 12.3. The second kappa shape index (κ2) is 28.9. The molecule has 1 aromatic carbocycles. The van der Waals surface area contributed by atoms with E-state index >= 15 is 0 Å². The Morgan fingerprint density at radius 1 is 0.636 bits per heavy atom. The molecule has 55 heavy (non-hydrogen) atoms. The number of aliphatic hydroxyl groups is 1. The van der Waals surface area contributed by atoms with E-state index in [2.05, 4.69) is 10.6 Å². The summed E-state index contributed by atoms with van der Waals surface area (Å²) in [6, 6.07) is 3.52. The maximum Gasteiger partial charge on any atom is 0.264 e. The van der Waals surface area contributed by atoms with Crippen molar-refractivity contribution in [2.75, 3.05) is 131 Å². The van der Waals surface area contributed by atoms with Gasteiger partial charge >= 0.3 is 0 Å². The molecule has 3 rings (SSSR count). The maximum absolute atomic E-state index is 13.2. The third-order valence-electron chi connectivity index (χ3n) is 8.15. The van der Waals surface area contributed by atoms with Gasteiger partial charge in [0, 0.05) is 19.4 Å². The molecule has 0 aliphatic carbocycles. The number of hydrogen-bond donors (Lipinski definition) is 3. The van der Waals surface area contributed by atoms with Gasteiger partial charge in [0.05, 0.1) is 136 Å². The van der Waals surface area contributed by atoms with Crippen LogP contribution in [0.5, 0.6) is 0 Å². The molecule has 0 saturated carbocycles. The molecule has 18 heteroatoms. The summed E-state index contributed by atoms with van der Waals surface area (Å²) in [5, 5.41) is 13.5. The number of carbonyl (C=O) groups is 5. The molecule has 1 unspecified atom stereocenters. The molecule has 5 amide bonds. The Labute approximate surface area is 321 Å². The fourth-order valence-electron chi connectivity index (χ4n) is 5.42. The van der Waals surface area contributed by atoms with Crippen LogP contribution in [0.25, 0.3) is 0 Å². The number of imide groups is 2. The maximum atomic E-state index is 13.2. The predicted octanol–water partition coefficient (Wildman–Crippen LogP) is 0.728. The van der Waals surface area contributed by atoms with Crippen molar-refractivity contribution < 1.29 is 71.7 Å². The molecular formula is C37H57N3O15. The Morgan fingerprint density at radius 3 is 1.58 bits per heavy atom. The molecule has 2 heterocycles. The molecule has 1 fully saturated rings. The molecule has 0 spiro atoms. The van der Waals surface area contributed by atoms with E-state index < -0.39 is 29.7 Å². The summed E-state index contributed by atoms with van der Waals surface area (Å²) in [4.78, 5) is 63.5. The number of amides is 5. The molecule has 18 nitrogen and oxygen atoms in total. The molecule has 2 aliphatic heterocycles. The molecular weight excluding hydrogens is 726 g/mol. The van der Waals surface area contributed by atoms with Gasteiger partial charge in [0.15, 0.2) is 0 Å². The van der Waals surface area contributed by atoms with E-state index in [9.17, 15) is 24.0 Å². The van der Waals surface area contributed by atoms with Crippen molar-refractivity contribution in [2.45, 2.75) is 44.6 Å². The standard InChI is InChI=1S/C37H57N3O15/c41-10-12-48-14-16-50-18-20-52-22-24-54-26-28-55-27-25-53-23-21-51-19-17-49-15-13-47-11-3-1-2-7-32(42)38-30-6-4-5-29-34(30)37(46)40(36(29)45)31-8-9-33(43)39-35(31)44/h4-6,31,41H,1-3,7-28H2,(H,38,42)(H,39,43,44). The molecule has 0 bridgehead atoms. The number of piperidine rings is 1. The zero-order valence-corrected chi connectivity index (χ0v) is 31.6. The van der Waals surface area contributed by atoms with Crippen LogP contribution in [0.4, 0.5) is 5.69 Å². The fraction of sp³-hybridized carbons (Fsp3) is 0.703. The smallest absolute Gasteiger partial charge is 0.264 e. The number of rotatable bonds is 34. The summed E-state index contributed by atoms with van der Waals surface area (Å²) in [6.45, 7) is 8.31. The van der Waals surface area contributed by atoms with Gasteiger partial charge in [0.25, 0.3) is 11.8 Å². The molecule has 2 aliphatic rings. The minimum atomic E-state index is -1.07. The van der Waals surface area contributed by atoms with E-state index in [1.54, 1.807) is 12.1 Å². The van der Waals surface area contributed by atoms with E-state index in [0.29, 0.717) is 125 Å². The fourth-order valence-corrected chi connectivity index (χ4v) is 5.42. The average molecular weight is 784 g/mol. The Bertz CT molecular complexity index is 1300. The Morgan fingerprint density at radius 2 is 1.11 bits per heavy atom. The third-order valence-corrected chi connectivity index (χ3v) is 8.15. The summed E-state index contributed by atoms with van der Waals surface area (Å²) in [7, 11) is 0.